The number of hydrogen-bond donors (Lipinski definition) is 1. The second-order valence-corrected chi connectivity index (χ2v) is 4.49. The van der Waals surface area contributed by atoms with Crippen LogP contribution in [0.1, 0.15) is 29.6 Å². The molecule has 1 amide bonds. The van der Waals surface area contributed by atoms with Crippen LogP contribution in [0.3, 0.4) is 0 Å². The molecule has 1 atom stereocenters. The molecule has 0 aromatic heterocycles. The second kappa shape index (κ2) is 5.67. The van der Waals surface area contributed by atoms with Gasteiger partial charge in [-0.15, -0.1) is 0 Å². The van der Waals surface area contributed by atoms with Crippen molar-refractivity contribution in [2.24, 2.45) is 5.92 Å². The lowest BCUT2D eigenvalue weighted by Crippen LogP contribution is -2.24. The lowest BCUT2D eigenvalue weighted by molar-refractivity contribution is -0.121. The molecule has 4 nitrogen and oxygen atoms in total. The lowest BCUT2D eigenvalue weighted by atomic mass is 9.91. The summed E-state index contributed by atoms with van der Waals surface area (Å²) in [5, 5.41) is 2.79. The first-order chi connectivity index (χ1) is 8.70. The summed E-state index contributed by atoms with van der Waals surface area (Å²) in [6, 6.07) is 7.04. The summed E-state index contributed by atoms with van der Waals surface area (Å²) in [6.07, 6.45) is 1.92. The standard InChI is InChI=1S/C14H17NO3/c1-18-12-6-4-10(5-7-12)14(17)11-3-2-8-15-13(16)9-11/h4-7,11H,2-3,8-9H2,1H3,(H,15,16). The average Bonchev–Trinajstić information content (AvgIpc) is 2.63. The van der Waals surface area contributed by atoms with E-state index in [1.807, 2.05) is 0 Å². The van der Waals surface area contributed by atoms with E-state index in [4.69, 9.17) is 4.74 Å². The van der Waals surface area contributed by atoms with Crippen molar-refractivity contribution in [3.63, 3.8) is 0 Å². The fourth-order valence-electron chi connectivity index (χ4n) is 2.19. The third kappa shape index (κ3) is 2.88. The Kier molecular flexibility index (Phi) is 3.97. The first kappa shape index (κ1) is 12.6. The summed E-state index contributed by atoms with van der Waals surface area (Å²) in [6.45, 7) is 0.672. The highest BCUT2D eigenvalue weighted by molar-refractivity contribution is 6.00. The number of ether oxygens (including phenoxy) is 1. The topological polar surface area (TPSA) is 55.4 Å². The number of carbonyl (C=O) groups is 2. The van der Waals surface area contributed by atoms with Gasteiger partial charge in [-0.25, -0.2) is 0 Å². The highest BCUT2D eigenvalue weighted by Gasteiger charge is 2.24. The molecule has 0 aliphatic carbocycles. The summed E-state index contributed by atoms with van der Waals surface area (Å²) >= 11 is 0. The Morgan fingerprint density at radius 1 is 1.33 bits per heavy atom. The first-order valence-electron chi connectivity index (χ1n) is 6.15. The van der Waals surface area contributed by atoms with Gasteiger partial charge in [-0.05, 0) is 37.1 Å². The molecule has 0 bridgehead atoms. The highest BCUT2D eigenvalue weighted by atomic mass is 16.5. The van der Waals surface area contributed by atoms with Gasteiger partial charge in [0.1, 0.15) is 5.75 Å². The number of carbonyl (C=O) groups excluding carboxylic acids is 2. The Morgan fingerprint density at radius 2 is 2.06 bits per heavy atom. The maximum Gasteiger partial charge on any atom is 0.220 e. The normalized spacial score (nSPS) is 19.8. The molecule has 1 heterocycles. The predicted molar refractivity (Wildman–Crippen MR) is 67.7 cm³/mol. The van der Waals surface area contributed by atoms with E-state index in [1.54, 1.807) is 31.4 Å². The number of benzene rings is 1. The highest BCUT2D eigenvalue weighted by Crippen LogP contribution is 2.21. The van der Waals surface area contributed by atoms with Gasteiger partial charge < -0.3 is 10.1 Å². The molecule has 18 heavy (non-hydrogen) atoms. The lowest BCUT2D eigenvalue weighted by Gasteiger charge is -2.11. The van der Waals surface area contributed by atoms with Crippen molar-refractivity contribution in [1.82, 2.24) is 5.32 Å². The van der Waals surface area contributed by atoms with E-state index in [0.717, 1.165) is 18.6 Å². The smallest absolute Gasteiger partial charge is 0.220 e. The van der Waals surface area contributed by atoms with Crippen molar-refractivity contribution >= 4 is 11.7 Å². The molecule has 0 saturated carbocycles. The maximum absolute atomic E-state index is 12.3. The van der Waals surface area contributed by atoms with E-state index in [1.165, 1.54) is 0 Å². The molecule has 1 N–H and O–H groups in total. The number of Topliss-reactive ketones (excluding diaryl/α,β-unsaturated/α-hetero) is 1. The van der Waals surface area contributed by atoms with Crippen molar-refractivity contribution in [2.75, 3.05) is 13.7 Å². The van der Waals surface area contributed by atoms with Crippen LogP contribution in [0.2, 0.25) is 0 Å². The summed E-state index contributed by atoms with van der Waals surface area (Å²) in [7, 11) is 1.59. The van der Waals surface area contributed by atoms with E-state index in [-0.39, 0.29) is 17.6 Å². The third-order valence-corrected chi connectivity index (χ3v) is 3.23. The molecule has 1 fully saturated rings. The van der Waals surface area contributed by atoms with E-state index >= 15 is 0 Å². The minimum Gasteiger partial charge on any atom is -0.497 e. The van der Waals surface area contributed by atoms with Crippen LogP contribution < -0.4 is 10.1 Å². The van der Waals surface area contributed by atoms with Crippen molar-refractivity contribution < 1.29 is 14.3 Å². The molecule has 1 aliphatic heterocycles. The summed E-state index contributed by atoms with van der Waals surface area (Å²) in [5.41, 5.74) is 0.649. The summed E-state index contributed by atoms with van der Waals surface area (Å²) in [4.78, 5) is 23.7. The molecular formula is C14H17NO3. The number of methoxy groups -OCH3 is 1. The van der Waals surface area contributed by atoms with Crippen LogP contribution in [0.25, 0.3) is 0 Å². The van der Waals surface area contributed by atoms with Gasteiger partial charge in [0, 0.05) is 24.4 Å². The quantitative estimate of drug-likeness (QED) is 0.828. The number of rotatable bonds is 3. The van der Waals surface area contributed by atoms with E-state index in [2.05, 4.69) is 5.32 Å². The summed E-state index contributed by atoms with van der Waals surface area (Å²) in [5.74, 6) is 0.556. The van der Waals surface area contributed by atoms with E-state index < -0.39 is 0 Å². The maximum atomic E-state index is 12.3. The van der Waals surface area contributed by atoms with Crippen LogP contribution in [-0.2, 0) is 4.79 Å². The van der Waals surface area contributed by atoms with Crippen molar-refractivity contribution in [2.45, 2.75) is 19.3 Å². The van der Waals surface area contributed by atoms with Gasteiger partial charge in [0.25, 0.3) is 0 Å². The van der Waals surface area contributed by atoms with Gasteiger partial charge in [-0.3, -0.25) is 9.59 Å². The van der Waals surface area contributed by atoms with Crippen molar-refractivity contribution in [1.29, 1.82) is 0 Å². The first-order valence-corrected chi connectivity index (χ1v) is 6.15. The van der Waals surface area contributed by atoms with Crippen molar-refractivity contribution in [3.8, 4) is 5.75 Å². The molecule has 1 saturated heterocycles. The Labute approximate surface area is 106 Å². The predicted octanol–water partition coefficient (Wildman–Crippen LogP) is 1.79. The monoisotopic (exact) mass is 247 g/mol. The Morgan fingerprint density at radius 3 is 2.72 bits per heavy atom. The molecule has 2 rings (SSSR count). The molecule has 0 spiro atoms. The molecule has 1 unspecified atom stereocenters. The van der Waals surface area contributed by atoms with E-state index in [9.17, 15) is 9.59 Å². The average molecular weight is 247 g/mol. The number of amides is 1. The summed E-state index contributed by atoms with van der Waals surface area (Å²) < 4.78 is 5.06. The number of nitrogens with one attached hydrogen (secondary N) is 1. The second-order valence-electron chi connectivity index (χ2n) is 4.49. The van der Waals surface area contributed by atoms with Gasteiger partial charge in [0.15, 0.2) is 5.78 Å². The largest absolute Gasteiger partial charge is 0.497 e. The van der Waals surface area contributed by atoms with Gasteiger partial charge in [0.05, 0.1) is 7.11 Å². The molecule has 1 aliphatic rings. The molecule has 96 valence electrons. The minimum absolute atomic E-state index is 0.0284. The number of hydrogen-bond acceptors (Lipinski definition) is 3. The van der Waals surface area contributed by atoms with Crippen LogP contribution in [0, 0.1) is 5.92 Å². The van der Waals surface area contributed by atoms with Gasteiger partial charge in [-0.1, -0.05) is 0 Å². The van der Waals surface area contributed by atoms with Crippen LogP contribution in [0.15, 0.2) is 24.3 Å². The fourth-order valence-corrected chi connectivity index (χ4v) is 2.19. The van der Waals surface area contributed by atoms with Crippen LogP contribution in [0.5, 0.6) is 5.75 Å². The Bertz CT molecular complexity index is 439. The van der Waals surface area contributed by atoms with Gasteiger partial charge in [-0.2, -0.15) is 0 Å². The minimum atomic E-state index is -0.194. The van der Waals surface area contributed by atoms with Crippen molar-refractivity contribution in [3.05, 3.63) is 29.8 Å². The molecule has 1 aromatic carbocycles. The fraction of sp³-hybridized carbons (Fsp3) is 0.429. The molecule has 0 radical (unpaired) electrons. The third-order valence-electron chi connectivity index (χ3n) is 3.23. The Hall–Kier alpha value is -1.84. The van der Waals surface area contributed by atoms with Crippen LogP contribution >= 0.6 is 0 Å². The Balaban J connectivity index is 2.11. The SMILES string of the molecule is COc1ccc(C(=O)C2CCCNC(=O)C2)cc1. The zero-order chi connectivity index (χ0) is 13.0. The van der Waals surface area contributed by atoms with Crippen LogP contribution in [0.4, 0.5) is 0 Å². The molecular weight excluding hydrogens is 230 g/mol. The van der Waals surface area contributed by atoms with E-state index in [0.29, 0.717) is 18.5 Å². The van der Waals surface area contributed by atoms with Gasteiger partial charge >= 0.3 is 0 Å². The zero-order valence-electron chi connectivity index (χ0n) is 10.4. The molecule has 1 aromatic rings. The van der Waals surface area contributed by atoms with Gasteiger partial charge in [0.2, 0.25) is 5.91 Å². The zero-order valence-corrected chi connectivity index (χ0v) is 10.4. The molecule has 4 heteroatoms. The number of ketones is 1. The van der Waals surface area contributed by atoms with Crippen LogP contribution in [-0.4, -0.2) is 25.3 Å².